The minimum absolute atomic E-state index is 0.146. The first-order valence-electron chi connectivity index (χ1n) is 5.97. The van der Waals surface area contributed by atoms with Crippen LogP contribution in [0.4, 0.5) is 0 Å². The van der Waals surface area contributed by atoms with Gasteiger partial charge in [-0.2, -0.15) is 5.10 Å². The number of hydrogen-bond acceptors (Lipinski definition) is 3. The first-order valence-corrected chi connectivity index (χ1v) is 5.97. The summed E-state index contributed by atoms with van der Waals surface area (Å²) in [4.78, 5) is 0. The predicted molar refractivity (Wildman–Crippen MR) is 63.0 cm³/mol. The molecule has 1 saturated carbocycles. The van der Waals surface area contributed by atoms with Gasteiger partial charge in [0, 0.05) is 32.1 Å². The summed E-state index contributed by atoms with van der Waals surface area (Å²) >= 11 is 0. The molecule has 1 aliphatic carbocycles. The molecule has 1 aromatic rings. The molecule has 1 fully saturated rings. The van der Waals surface area contributed by atoms with Crippen LogP contribution in [0.2, 0.25) is 0 Å². The highest BCUT2D eigenvalue weighted by molar-refractivity contribution is 5.01. The molecule has 2 N–H and O–H groups in total. The van der Waals surface area contributed by atoms with E-state index in [1.807, 2.05) is 24.0 Å². The fourth-order valence-corrected chi connectivity index (χ4v) is 2.27. The Kier molecular flexibility index (Phi) is 3.61. The number of methoxy groups -OCH3 is 1. The largest absolute Gasteiger partial charge is 0.380 e. The summed E-state index contributed by atoms with van der Waals surface area (Å²) in [5.41, 5.74) is 7.42. The van der Waals surface area contributed by atoms with Gasteiger partial charge in [-0.15, -0.1) is 0 Å². The summed E-state index contributed by atoms with van der Waals surface area (Å²) in [6, 6.07) is 2.19. The smallest absolute Gasteiger partial charge is 0.0750 e. The van der Waals surface area contributed by atoms with Gasteiger partial charge in [-0.3, -0.25) is 4.68 Å². The number of nitrogens with zero attached hydrogens (tertiary/aromatic N) is 2. The highest BCUT2D eigenvalue weighted by Gasteiger charge is 2.34. The molecule has 4 nitrogen and oxygen atoms in total. The maximum atomic E-state index is 6.18. The summed E-state index contributed by atoms with van der Waals surface area (Å²) in [6.45, 7) is 0. The molecule has 0 aliphatic heterocycles. The average molecular weight is 223 g/mol. The van der Waals surface area contributed by atoms with Crippen molar-refractivity contribution in [3.63, 3.8) is 0 Å². The monoisotopic (exact) mass is 223 g/mol. The van der Waals surface area contributed by atoms with Crippen molar-refractivity contribution in [3.8, 4) is 0 Å². The van der Waals surface area contributed by atoms with Crippen molar-refractivity contribution in [3.05, 3.63) is 18.0 Å². The van der Waals surface area contributed by atoms with E-state index < -0.39 is 0 Å². The number of nitrogens with two attached hydrogens (primary N) is 1. The molecule has 1 aliphatic rings. The first kappa shape index (κ1) is 11.6. The van der Waals surface area contributed by atoms with Gasteiger partial charge < -0.3 is 10.5 Å². The molecule has 2 rings (SSSR count). The third-order valence-corrected chi connectivity index (χ3v) is 3.44. The molecule has 0 radical (unpaired) electrons. The highest BCUT2D eigenvalue weighted by atomic mass is 16.5. The van der Waals surface area contributed by atoms with E-state index in [-0.39, 0.29) is 12.1 Å². The van der Waals surface area contributed by atoms with E-state index in [2.05, 4.69) is 5.10 Å². The molecular weight excluding hydrogens is 202 g/mol. The Balaban J connectivity index is 1.82. The maximum absolute atomic E-state index is 6.18. The Hall–Kier alpha value is -0.870. The van der Waals surface area contributed by atoms with Crippen LogP contribution >= 0.6 is 0 Å². The molecule has 0 aromatic carbocycles. The van der Waals surface area contributed by atoms with E-state index in [1.165, 1.54) is 18.5 Å². The Bertz CT molecular complexity index is 333. The lowest BCUT2D eigenvalue weighted by atomic mass is 10.0. The zero-order valence-corrected chi connectivity index (χ0v) is 10.1. The highest BCUT2D eigenvalue weighted by Crippen LogP contribution is 2.35. The molecule has 0 amide bonds. The second kappa shape index (κ2) is 4.97. The first-order chi connectivity index (χ1) is 7.72. The Labute approximate surface area is 96.8 Å². The van der Waals surface area contributed by atoms with Crippen LogP contribution in [0.25, 0.3) is 0 Å². The molecule has 2 atom stereocenters. The van der Waals surface area contributed by atoms with E-state index in [4.69, 9.17) is 10.5 Å². The van der Waals surface area contributed by atoms with Gasteiger partial charge in [0.2, 0.25) is 0 Å². The SMILES string of the molecule is COC(C(N)CCc1ccnn1C)C1CC1. The number of aromatic nitrogens is 2. The van der Waals surface area contributed by atoms with E-state index >= 15 is 0 Å². The zero-order chi connectivity index (χ0) is 11.5. The van der Waals surface area contributed by atoms with Gasteiger partial charge >= 0.3 is 0 Å². The molecule has 4 heteroatoms. The van der Waals surface area contributed by atoms with Crippen molar-refractivity contribution >= 4 is 0 Å². The van der Waals surface area contributed by atoms with Gasteiger partial charge in [0.05, 0.1) is 6.10 Å². The van der Waals surface area contributed by atoms with E-state index in [0.29, 0.717) is 5.92 Å². The van der Waals surface area contributed by atoms with Gasteiger partial charge in [0.1, 0.15) is 0 Å². The van der Waals surface area contributed by atoms with Crippen LogP contribution in [0.15, 0.2) is 12.3 Å². The lowest BCUT2D eigenvalue weighted by Crippen LogP contribution is -2.38. The lowest BCUT2D eigenvalue weighted by molar-refractivity contribution is 0.0602. The third-order valence-electron chi connectivity index (χ3n) is 3.44. The van der Waals surface area contributed by atoms with Gasteiger partial charge in [0.25, 0.3) is 0 Å². The van der Waals surface area contributed by atoms with Crippen molar-refractivity contribution < 1.29 is 4.74 Å². The second-order valence-corrected chi connectivity index (χ2v) is 4.69. The van der Waals surface area contributed by atoms with Crippen molar-refractivity contribution in [1.29, 1.82) is 0 Å². The van der Waals surface area contributed by atoms with Crippen LogP contribution in [0.3, 0.4) is 0 Å². The van der Waals surface area contributed by atoms with E-state index in [1.54, 1.807) is 7.11 Å². The third kappa shape index (κ3) is 2.62. The molecule has 0 saturated heterocycles. The van der Waals surface area contributed by atoms with Crippen LogP contribution in [-0.4, -0.2) is 29.0 Å². The van der Waals surface area contributed by atoms with Crippen LogP contribution in [-0.2, 0) is 18.2 Å². The fourth-order valence-electron chi connectivity index (χ4n) is 2.27. The van der Waals surface area contributed by atoms with Gasteiger partial charge in [-0.25, -0.2) is 0 Å². The van der Waals surface area contributed by atoms with Gasteiger partial charge in [-0.05, 0) is 37.7 Å². The van der Waals surface area contributed by atoms with Crippen LogP contribution in [0.1, 0.15) is 25.0 Å². The minimum atomic E-state index is 0.146. The lowest BCUT2D eigenvalue weighted by Gasteiger charge is -2.22. The average Bonchev–Trinajstić information content (AvgIpc) is 3.01. The Morgan fingerprint density at radius 3 is 2.88 bits per heavy atom. The van der Waals surface area contributed by atoms with E-state index in [0.717, 1.165) is 12.8 Å². The Morgan fingerprint density at radius 1 is 1.62 bits per heavy atom. The summed E-state index contributed by atoms with van der Waals surface area (Å²) in [5, 5.41) is 4.15. The summed E-state index contributed by atoms with van der Waals surface area (Å²) in [5.74, 6) is 0.700. The maximum Gasteiger partial charge on any atom is 0.0750 e. The molecule has 90 valence electrons. The van der Waals surface area contributed by atoms with Gasteiger partial charge in [-0.1, -0.05) is 0 Å². The number of aryl methyl sites for hydroxylation is 2. The summed E-state index contributed by atoms with van der Waals surface area (Å²) in [7, 11) is 3.74. The summed E-state index contributed by atoms with van der Waals surface area (Å²) < 4.78 is 7.40. The molecular formula is C12H21N3O. The molecule has 2 unspecified atom stereocenters. The predicted octanol–water partition coefficient (Wildman–Crippen LogP) is 1.10. The topological polar surface area (TPSA) is 53.1 Å². The number of rotatable bonds is 6. The quantitative estimate of drug-likeness (QED) is 0.786. The van der Waals surface area contributed by atoms with E-state index in [9.17, 15) is 0 Å². The number of ether oxygens (including phenoxy) is 1. The number of hydrogen-bond donors (Lipinski definition) is 1. The van der Waals surface area contributed by atoms with Gasteiger partial charge in [0.15, 0.2) is 0 Å². The van der Waals surface area contributed by atoms with Crippen LogP contribution in [0.5, 0.6) is 0 Å². The second-order valence-electron chi connectivity index (χ2n) is 4.69. The fraction of sp³-hybridized carbons (Fsp3) is 0.750. The van der Waals surface area contributed by atoms with Crippen molar-refractivity contribution in [2.24, 2.45) is 18.7 Å². The molecule has 1 aromatic heterocycles. The van der Waals surface area contributed by atoms with Crippen molar-refractivity contribution in [2.75, 3.05) is 7.11 Å². The van der Waals surface area contributed by atoms with Crippen molar-refractivity contribution in [2.45, 2.75) is 37.8 Å². The van der Waals surface area contributed by atoms with Crippen molar-refractivity contribution in [1.82, 2.24) is 9.78 Å². The molecule has 1 heterocycles. The molecule has 16 heavy (non-hydrogen) atoms. The normalized spacial score (nSPS) is 19.7. The van der Waals surface area contributed by atoms with Crippen LogP contribution in [0, 0.1) is 5.92 Å². The van der Waals surface area contributed by atoms with Crippen LogP contribution < -0.4 is 5.73 Å². The standard InChI is InChI=1S/C12H21N3O/c1-15-10(7-8-14-15)5-6-11(13)12(16-2)9-3-4-9/h7-9,11-12H,3-6,13H2,1-2H3. The summed E-state index contributed by atoms with van der Waals surface area (Å²) in [6.07, 6.45) is 6.57. The molecule has 0 spiro atoms. The molecule has 0 bridgehead atoms. The minimum Gasteiger partial charge on any atom is -0.380 e. The zero-order valence-electron chi connectivity index (χ0n) is 10.1. The Morgan fingerprint density at radius 2 is 2.38 bits per heavy atom.